The van der Waals surface area contributed by atoms with Crippen LogP contribution >= 0.6 is 0 Å². The monoisotopic (exact) mass is 418 g/mol. The molecular formula is C21H21F3N4O2. The fraction of sp³-hybridized carbons (Fsp3) is 0.333. The zero-order chi connectivity index (χ0) is 21.1. The van der Waals surface area contributed by atoms with Gasteiger partial charge in [0.1, 0.15) is 5.65 Å². The maximum Gasteiger partial charge on any atom is 0.416 e. The molecule has 3 aromatic rings. The summed E-state index contributed by atoms with van der Waals surface area (Å²) in [6.45, 7) is 2.50. The number of pyridine rings is 1. The first-order valence-corrected chi connectivity index (χ1v) is 9.63. The van der Waals surface area contributed by atoms with E-state index < -0.39 is 11.7 Å². The summed E-state index contributed by atoms with van der Waals surface area (Å²) in [5, 5.41) is 3.15. The molecule has 9 heteroatoms. The Labute approximate surface area is 171 Å². The Kier molecular flexibility index (Phi) is 5.74. The highest BCUT2D eigenvalue weighted by atomic mass is 19.4. The Morgan fingerprint density at radius 2 is 1.90 bits per heavy atom. The normalized spacial score (nSPS) is 15.0. The first-order valence-electron chi connectivity index (χ1n) is 9.63. The van der Waals surface area contributed by atoms with E-state index in [1.807, 2.05) is 28.8 Å². The molecule has 1 aliphatic rings. The molecule has 0 atom stereocenters. The Bertz CT molecular complexity index is 1040. The van der Waals surface area contributed by atoms with Crippen molar-refractivity contribution in [2.75, 3.05) is 26.3 Å². The van der Waals surface area contributed by atoms with Crippen LogP contribution in [0.5, 0.6) is 0 Å². The lowest BCUT2D eigenvalue weighted by Gasteiger charge is -2.26. The maximum absolute atomic E-state index is 13.0. The number of nitrogens with one attached hydrogen (secondary N) is 1. The lowest BCUT2D eigenvalue weighted by molar-refractivity contribution is -0.137. The third-order valence-electron chi connectivity index (χ3n) is 5.01. The third kappa shape index (κ3) is 4.31. The number of hydrogen-bond acceptors (Lipinski definition) is 4. The van der Waals surface area contributed by atoms with Gasteiger partial charge in [-0.2, -0.15) is 13.2 Å². The summed E-state index contributed by atoms with van der Waals surface area (Å²) < 4.78 is 45.9. The van der Waals surface area contributed by atoms with Gasteiger partial charge in [0, 0.05) is 32.4 Å². The molecule has 0 radical (unpaired) electrons. The van der Waals surface area contributed by atoms with Gasteiger partial charge < -0.3 is 19.4 Å². The van der Waals surface area contributed by atoms with E-state index >= 15 is 0 Å². The summed E-state index contributed by atoms with van der Waals surface area (Å²) in [5.74, 6) is -0.169. The smallest absolute Gasteiger partial charge is 0.378 e. The number of rotatable bonds is 5. The zero-order valence-corrected chi connectivity index (χ0v) is 16.2. The highest BCUT2D eigenvalue weighted by Crippen LogP contribution is 2.29. The van der Waals surface area contributed by atoms with Gasteiger partial charge in [0.25, 0.3) is 5.91 Å². The number of hydrogen-bond donors (Lipinski definition) is 1. The number of amides is 1. The van der Waals surface area contributed by atoms with Crippen LogP contribution in [0.1, 0.15) is 27.3 Å². The molecule has 6 nitrogen and oxygen atoms in total. The number of imidazole rings is 1. The van der Waals surface area contributed by atoms with Gasteiger partial charge >= 0.3 is 6.18 Å². The van der Waals surface area contributed by atoms with Crippen molar-refractivity contribution in [2.45, 2.75) is 19.3 Å². The number of aromatic nitrogens is 2. The van der Waals surface area contributed by atoms with Crippen molar-refractivity contribution >= 4 is 11.6 Å². The number of alkyl halides is 3. The molecule has 0 saturated carbocycles. The van der Waals surface area contributed by atoms with Crippen LogP contribution in [0, 0.1) is 0 Å². The Morgan fingerprint density at radius 1 is 1.10 bits per heavy atom. The molecule has 0 spiro atoms. The van der Waals surface area contributed by atoms with Crippen molar-refractivity contribution in [1.82, 2.24) is 19.6 Å². The van der Waals surface area contributed by atoms with Crippen molar-refractivity contribution in [3.63, 3.8) is 0 Å². The van der Waals surface area contributed by atoms with Crippen LogP contribution in [-0.4, -0.2) is 46.5 Å². The highest BCUT2D eigenvalue weighted by molar-refractivity contribution is 5.94. The molecule has 3 heterocycles. The van der Waals surface area contributed by atoms with Gasteiger partial charge in [-0.05, 0) is 23.8 Å². The lowest BCUT2D eigenvalue weighted by Crippen LogP contribution is -2.41. The highest BCUT2D eigenvalue weighted by Gasteiger charge is 2.30. The SMILES string of the molecule is O=C(c1nc2ccccn2c1CNCc1cccc(C(F)(F)F)c1)N1CCOCC1. The summed E-state index contributed by atoms with van der Waals surface area (Å²) in [6, 6.07) is 10.7. The Morgan fingerprint density at radius 3 is 2.67 bits per heavy atom. The second-order valence-corrected chi connectivity index (χ2v) is 7.04. The summed E-state index contributed by atoms with van der Waals surface area (Å²) in [5.41, 5.74) is 1.50. The summed E-state index contributed by atoms with van der Waals surface area (Å²) in [7, 11) is 0. The van der Waals surface area contributed by atoms with Gasteiger partial charge in [-0.25, -0.2) is 4.98 Å². The van der Waals surface area contributed by atoms with E-state index in [4.69, 9.17) is 4.74 Å². The third-order valence-corrected chi connectivity index (χ3v) is 5.01. The lowest BCUT2D eigenvalue weighted by atomic mass is 10.1. The predicted molar refractivity (Wildman–Crippen MR) is 104 cm³/mol. The number of fused-ring (bicyclic) bond motifs is 1. The van der Waals surface area contributed by atoms with E-state index in [-0.39, 0.29) is 19.0 Å². The molecule has 0 bridgehead atoms. The second kappa shape index (κ2) is 8.45. The topological polar surface area (TPSA) is 58.9 Å². The van der Waals surface area contributed by atoms with E-state index in [9.17, 15) is 18.0 Å². The minimum absolute atomic E-state index is 0.169. The van der Waals surface area contributed by atoms with Gasteiger partial charge in [-0.15, -0.1) is 0 Å². The molecule has 0 unspecified atom stereocenters. The number of nitrogens with zero attached hydrogens (tertiary/aromatic N) is 3. The molecular weight excluding hydrogens is 397 g/mol. The van der Waals surface area contributed by atoms with E-state index in [2.05, 4.69) is 10.3 Å². The fourth-order valence-electron chi connectivity index (χ4n) is 3.49. The summed E-state index contributed by atoms with van der Waals surface area (Å²) >= 11 is 0. The molecule has 1 aromatic carbocycles. The van der Waals surface area contributed by atoms with Crippen molar-refractivity contribution in [3.05, 3.63) is 71.2 Å². The van der Waals surface area contributed by atoms with Crippen molar-refractivity contribution in [1.29, 1.82) is 0 Å². The molecule has 1 aliphatic heterocycles. The van der Waals surface area contributed by atoms with Crippen LogP contribution in [0.15, 0.2) is 48.7 Å². The van der Waals surface area contributed by atoms with Crippen LogP contribution in [0.25, 0.3) is 5.65 Å². The minimum Gasteiger partial charge on any atom is -0.378 e. The first-order chi connectivity index (χ1) is 14.4. The van der Waals surface area contributed by atoms with Crippen LogP contribution in [-0.2, 0) is 24.0 Å². The molecule has 30 heavy (non-hydrogen) atoms. The van der Waals surface area contributed by atoms with Gasteiger partial charge in [0.15, 0.2) is 5.69 Å². The minimum atomic E-state index is -4.38. The predicted octanol–water partition coefficient (Wildman–Crippen LogP) is 3.12. The van der Waals surface area contributed by atoms with E-state index in [0.29, 0.717) is 48.9 Å². The number of ether oxygens (including phenoxy) is 1. The van der Waals surface area contributed by atoms with Crippen molar-refractivity contribution < 1.29 is 22.7 Å². The zero-order valence-electron chi connectivity index (χ0n) is 16.2. The Hall–Kier alpha value is -2.91. The average molecular weight is 418 g/mol. The number of halogens is 3. The maximum atomic E-state index is 13.0. The number of benzene rings is 1. The summed E-state index contributed by atoms with van der Waals surface area (Å²) in [6.07, 6.45) is -2.56. The number of morpholine rings is 1. The Balaban J connectivity index is 1.54. The average Bonchev–Trinajstić information content (AvgIpc) is 3.12. The second-order valence-electron chi connectivity index (χ2n) is 7.04. The van der Waals surface area contributed by atoms with Crippen LogP contribution < -0.4 is 5.32 Å². The van der Waals surface area contributed by atoms with Crippen LogP contribution in [0.4, 0.5) is 13.2 Å². The molecule has 0 aliphatic carbocycles. The number of carbonyl (C=O) groups excluding carboxylic acids is 1. The molecule has 1 fully saturated rings. The standard InChI is InChI=1S/C21H21F3N4O2/c22-21(23,24)16-5-3-4-15(12-16)13-25-14-17-19(20(29)27-8-10-30-11-9-27)26-18-6-1-2-7-28(17)18/h1-7,12,25H,8-11,13-14H2. The van der Waals surface area contributed by atoms with Crippen molar-refractivity contribution in [3.8, 4) is 0 Å². The molecule has 2 aromatic heterocycles. The molecule has 4 rings (SSSR count). The van der Waals surface area contributed by atoms with Gasteiger partial charge in [-0.1, -0.05) is 24.3 Å². The molecule has 1 N–H and O–H groups in total. The van der Waals surface area contributed by atoms with Crippen LogP contribution in [0.2, 0.25) is 0 Å². The fourth-order valence-corrected chi connectivity index (χ4v) is 3.49. The quantitative estimate of drug-likeness (QED) is 0.692. The van der Waals surface area contributed by atoms with Gasteiger partial charge in [-0.3, -0.25) is 4.79 Å². The molecule has 1 saturated heterocycles. The molecule has 158 valence electrons. The van der Waals surface area contributed by atoms with Crippen molar-refractivity contribution in [2.24, 2.45) is 0 Å². The van der Waals surface area contributed by atoms with E-state index in [1.54, 1.807) is 11.0 Å². The molecule has 1 amide bonds. The van der Waals surface area contributed by atoms with E-state index in [1.165, 1.54) is 6.07 Å². The van der Waals surface area contributed by atoms with Gasteiger partial charge in [0.05, 0.1) is 24.5 Å². The van der Waals surface area contributed by atoms with E-state index in [0.717, 1.165) is 12.1 Å². The van der Waals surface area contributed by atoms with Crippen LogP contribution in [0.3, 0.4) is 0 Å². The first kappa shape index (κ1) is 20.4. The number of carbonyl (C=O) groups is 1. The largest absolute Gasteiger partial charge is 0.416 e. The van der Waals surface area contributed by atoms with Gasteiger partial charge in [0.2, 0.25) is 0 Å². The summed E-state index contributed by atoms with van der Waals surface area (Å²) in [4.78, 5) is 19.2.